The fourth-order valence-corrected chi connectivity index (χ4v) is 4.42. The summed E-state index contributed by atoms with van der Waals surface area (Å²) in [7, 11) is 0. The van der Waals surface area contributed by atoms with Gasteiger partial charge in [-0.3, -0.25) is 19.2 Å². The van der Waals surface area contributed by atoms with Gasteiger partial charge < -0.3 is 30.5 Å². The molecule has 0 bridgehead atoms. The van der Waals surface area contributed by atoms with Crippen LogP contribution in [0.15, 0.2) is 24.3 Å². The molecule has 1 saturated heterocycles. The Labute approximate surface area is 242 Å². The molecule has 4 N–H and O–H groups in total. The van der Waals surface area contributed by atoms with Crippen LogP contribution in [0.2, 0.25) is 0 Å². The van der Waals surface area contributed by atoms with Gasteiger partial charge in [0.1, 0.15) is 17.8 Å². The van der Waals surface area contributed by atoms with E-state index in [2.05, 4.69) is 16.0 Å². The summed E-state index contributed by atoms with van der Waals surface area (Å²) in [6.45, 7) is 11.2. The molecule has 41 heavy (non-hydrogen) atoms. The van der Waals surface area contributed by atoms with Gasteiger partial charge in [0.15, 0.2) is 12.2 Å². The number of aromatic hydroxyl groups is 1. The van der Waals surface area contributed by atoms with Crippen molar-refractivity contribution in [2.24, 2.45) is 17.8 Å². The van der Waals surface area contributed by atoms with E-state index in [0.717, 1.165) is 0 Å². The number of nitrogens with one attached hydrogen (secondary N) is 3. The molecular weight excluding hydrogens is 530 g/mol. The number of ether oxygens (including phenoxy) is 2. The Kier molecular flexibility index (Phi) is 13.1. The van der Waals surface area contributed by atoms with Gasteiger partial charge in [0.2, 0.25) is 5.91 Å². The summed E-state index contributed by atoms with van der Waals surface area (Å²) < 4.78 is 11.2. The van der Waals surface area contributed by atoms with E-state index in [-0.39, 0.29) is 62.2 Å². The lowest BCUT2D eigenvalue weighted by atomic mass is 10.0. The number of hydrogen-bond donors (Lipinski definition) is 4. The van der Waals surface area contributed by atoms with E-state index >= 15 is 0 Å². The molecule has 1 aromatic carbocycles. The van der Waals surface area contributed by atoms with E-state index in [1.165, 1.54) is 12.1 Å². The molecule has 0 aromatic heterocycles. The van der Waals surface area contributed by atoms with Crippen LogP contribution < -0.4 is 16.0 Å². The van der Waals surface area contributed by atoms with E-state index in [1.54, 1.807) is 12.1 Å². The zero-order valence-corrected chi connectivity index (χ0v) is 24.9. The highest BCUT2D eigenvalue weighted by atomic mass is 16.6. The SMILES string of the molecule is CC(C)C[C@@H]1NC(=O)[C@@H](CC(C)C)OC(=O)CCNC(=O)[C@H](Cc2ccc(O)cc2)NC(=O)[C@H](CC(C)C)OC1=O. The number of cyclic esters (lactones) is 2. The summed E-state index contributed by atoms with van der Waals surface area (Å²) in [5, 5.41) is 17.6. The maximum absolute atomic E-state index is 13.4. The molecule has 0 radical (unpaired) electrons. The Hall–Kier alpha value is -3.63. The van der Waals surface area contributed by atoms with Gasteiger partial charge >= 0.3 is 11.9 Å². The van der Waals surface area contributed by atoms with Crippen LogP contribution in [0.5, 0.6) is 5.75 Å². The standard InChI is InChI=1S/C30H45N3O8/c1-17(2)13-23-30(39)41-25(15-19(5)6)29(38)32-22(16-20-7-9-21(34)10-8-20)27(36)31-12-11-26(35)40-24(14-18(3)4)28(37)33-23/h7-10,17-19,22-25,34H,11-16H2,1-6H3,(H,31,36)(H,32,38)(H,33,37)/t22-,23-,24+,25-/m0/s1. The Morgan fingerprint density at radius 1 is 0.732 bits per heavy atom. The molecule has 3 amide bonds. The minimum absolute atomic E-state index is 0.000283. The van der Waals surface area contributed by atoms with Crippen LogP contribution >= 0.6 is 0 Å². The average Bonchev–Trinajstić information content (AvgIpc) is 2.86. The van der Waals surface area contributed by atoms with Crippen LogP contribution in [0, 0.1) is 17.8 Å². The highest BCUT2D eigenvalue weighted by Crippen LogP contribution is 2.17. The third-order valence-corrected chi connectivity index (χ3v) is 6.43. The lowest BCUT2D eigenvalue weighted by molar-refractivity contribution is -0.162. The number of phenols is 1. The van der Waals surface area contributed by atoms with E-state index in [0.29, 0.717) is 5.56 Å². The first-order valence-corrected chi connectivity index (χ1v) is 14.3. The second-order valence-corrected chi connectivity index (χ2v) is 11.8. The minimum atomic E-state index is -1.21. The van der Waals surface area contributed by atoms with Crippen molar-refractivity contribution >= 4 is 29.7 Å². The first kappa shape index (κ1) is 33.6. The number of rotatable bonds is 8. The summed E-state index contributed by atoms with van der Waals surface area (Å²) >= 11 is 0. The summed E-state index contributed by atoms with van der Waals surface area (Å²) in [6.07, 6.45) is -1.77. The van der Waals surface area contributed by atoms with Gasteiger partial charge in [-0.05, 0) is 54.7 Å². The van der Waals surface area contributed by atoms with Crippen molar-refractivity contribution < 1.29 is 38.6 Å². The highest BCUT2D eigenvalue weighted by Gasteiger charge is 2.34. The zero-order valence-electron chi connectivity index (χ0n) is 24.9. The van der Waals surface area contributed by atoms with Gasteiger partial charge in [0.05, 0.1) is 6.42 Å². The molecule has 0 spiro atoms. The highest BCUT2D eigenvalue weighted by molar-refractivity contribution is 5.92. The maximum Gasteiger partial charge on any atom is 0.329 e. The van der Waals surface area contributed by atoms with Gasteiger partial charge in [-0.15, -0.1) is 0 Å². The monoisotopic (exact) mass is 575 g/mol. The Balaban J connectivity index is 2.43. The molecule has 1 aliphatic heterocycles. The van der Waals surface area contributed by atoms with E-state index in [9.17, 15) is 29.1 Å². The van der Waals surface area contributed by atoms with Crippen LogP contribution in [0.3, 0.4) is 0 Å². The van der Waals surface area contributed by atoms with Gasteiger partial charge in [-0.25, -0.2) is 4.79 Å². The third-order valence-electron chi connectivity index (χ3n) is 6.43. The fourth-order valence-electron chi connectivity index (χ4n) is 4.42. The largest absolute Gasteiger partial charge is 0.508 e. The summed E-state index contributed by atoms with van der Waals surface area (Å²) in [5.41, 5.74) is 0.672. The Morgan fingerprint density at radius 3 is 1.78 bits per heavy atom. The second-order valence-electron chi connectivity index (χ2n) is 11.8. The van der Waals surface area contributed by atoms with Crippen molar-refractivity contribution in [3.63, 3.8) is 0 Å². The van der Waals surface area contributed by atoms with Crippen LogP contribution in [0.25, 0.3) is 0 Å². The van der Waals surface area contributed by atoms with E-state index in [1.807, 2.05) is 41.5 Å². The lowest BCUT2D eigenvalue weighted by Crippen LogP contribution is -2.54. The van der Waals surface area contributed by atoms with Crippen molar-refractivity contribution in [2.75, 3.05) is 6.54 Å². The van der Waals surface area contributed by atoms with Crippen molar-refractivity contribution in [1.29, 1.82) is 0 Å². The molecule has 0 aliphatic carbocycles. The van der Waals surface area contributed by atoms with Gasteiger partial charge in [-0.1, -0.05) is 53.7 Å². The van der Waals surface area contributed by atoms with Crippen molar-refractivity contribution in [3.05, 3.63) is 29.8 Å². The number of carbonyl (C=O) groups excluding carboxylic acids is 5. The third kappa shape index (κ3) is 11.8. The molecule has 11 heteroatoms. The normalized spacial score (nSPS) is 23.6. The molecule has 1 heterocycles. The molecule has 1 aliphatic rings. The van der Waals surface area contributed by atoms with Crippen LogP contribution in [0.4, 0.5) is 0 Å². The van der Waals surface area contributed by atoms with Gasteiger partial charge in [0, 0.05) is 13.0 Å². The number of hydrogen-bond acceptors (Lipinski definition) is 8. The number of benzene rings is 1. The molecule has 228 valence electrons. The van der Waals surface area contributed by atoms with Gasteiger partial charge in [0.25, 0.3) is 11.8 Å². The predicted octanol–water partition coefficient (Wildman–Crippen LogP) is 2.39. The smallest absolute Gasteiger partial charge is 0.329 e. The predicted molar refractivity (Wildman–Crippen MR) is 151 cm³/mol. The first-order valence-electron chi connectivity index (χ1n) is 14.3. The van der Waals surface area contributed by atoms with Crippen molar-refractivity contribution in [1.82, 2.24) is 16.0 Å². The molecule has 1 fully saturated rings. The minimum Gasteiger partial charge on any atom is -0.508 e. The number of carbonyl (C=O) groups is 5. The lowest BCUT2D eigenvalue weighted by Gasteiger charge is -2.27. The molecule has 0 saturated carbocycles. The molecule has 1 aromatic rings. The zero-order chi connectivity index (χ0) is 30.7. The topological polar surface area (TPSA) is 160 Å². The van der Waals surface area contributed by atoms with E-state index in [4.69, 9.17) is 9.47 Å². The fraction of sp³-hybridized carbons (Fsp3) is 0.633. The summed E-state index contributed by atoms with van der Waals surface area (Å²) in [6, 6.07) is 4.09. The second kappa shape index (κ2) is 16.0. The van der Waals surface area contributed by atoms with Crippen molar-refractivity contribution in [3.8, 4) is 5.75 Å². The number of amides is 3. The average molecular weight is 576 g/mol. The summed E-state index contributed by atoms with van der Waals surface area (Å²) in [5.74, 6) is -3.24. The molecule has 2 rings (SSSR count). The quantitative estimate of drug-likeness (QED) is 0.344. The Bertz CT molecular complexity index is 1050. The van der Waals surface area contributed by atoms with Crippen LogP contribution in [-0.2, 0) is 39.9 Å². The van der Waals surface area contributed by atoms with E-state index < -0.39 is 54.0 Å². The number of esters is 2. The molecule has 4 atom stereocenters. The maximum atomic E-state index is 13.4. The number of phenolic OH excluding ortho intramolecular Hbond substituents is 1. The van der Waals surface area contributed by atoms with Crippen molar-refractivity contribution in [2.45, 2.75) is 97.9 Å². The van der Waals surface area contributed by atoms with Crippen LogP contribution in [0.1, 0.15) is 72.8 Å². The first-order chi connectivity index (χ1) is 19.2. The van der Waals surface area contributed by atoms with Crippen LogP contribution in [-0.4, -0.2) is 65.6 Å². The molecule has 11 nitrogen and oxygen atoms in total. The summed E-state index contributed by atoms with van der Waals surface area (Å²) in [4.78, 5) is 65.7. The molecular formula is C30H45N3O8. The van der Waals surface area contributed by atoms with Gasteiger partial charge in [-0.2, -0.15) is 0 Å². The Morgan fingerprint density at radius 2 is 1.24 bits per heavy atom. The molecule has 0 unspecified atom stereocenters.